The number of hydrogen-bond acceptors (Lipinski definition) is 1. The third kappa shape index (κ3) is 1.05. The van der Waals surface area contributed by atoms with Crippen molar-refractivity contribution in [1.29, 1.82) is 0 Å². The Bertz CT molecular complexity index is 280. The topological polar surface area (TPSA) is 12.0 Å². The highest BCUT2D eigenvalue weighted by Crippen LogP contribution is 2.34. The van der Waals surface area contributed by atoms with E-state index in [4.69, 9.17) is 0 Å². The van der Waals surface area contributed by atoms with E-state index in [-0.39, 0.29) is 0 Å². The number of benzene rings is 1. The maximum atomic E-state index is 3.37. The van der Waals surface area contributed by atoms with Crippen molar-refractivity contribution < 1.29 is 0 Å². The fraction of sp³-hybridized carbons (Fsp3) is 0.455. The molecule has 1 aliphatic carbocycles. The number of nitrogens with one attached hydrogen (secondary N) is 1. The smallest absolute Gasteiger partial charge is 0.0349 e. The summed E-state index contributed by atoms with van der Waals surface area (Å²) in [5.74, 6) is 0.743. The minimum absolute atomic E-state index is 0.571. The summed E-state index contributed by atoms with van der Waals surface area (Å²) < 4.78 is 0. The highest BCUT2D eigenvalue weighted by molar-refractivity contribution is 5.35. The van der Waals surface area contributed by atoms with E-state index in [1.807, 2.05) is 7.05 Å². The molecule has 0 saturated heterocycles. The predicted molar refractivity (Wildman–Crippen MR) is 51.1 cm³/mol. The predicted octanol–water partition coefficient (Wildman–Crippen LogP) is 2.14. The monoisotopic (exact) mass is 161 g/mol. The molecule has 2 atom stereocenters. The summed E-state index contributed by atoms with van der Waals surface area (Å²) in [6.45, 7) is 2.31. The van der Waals surface area contributed by atoms with E-state index in [9.17, 15) is 0 Å². The van der Waals surface area contributed by atoms with E-state index in [0.29, 0.717) is 6.04 Å². The molecule has 64 valence electrons. The average Bonchev–Trinajstić information content (AvgIpc) is 2.40. The molecule has 1 aromatic rings. The zero-order valence-electron chi connectivity index (χ0n) is 7.67. The third-order valence-corrected chi connectivity index (χ3v) is 2.81. The van der Waals surface area contributed by atoms with Crippen LogP contribution in [0.2, 0.25) is 0 Å². The van der Waals surface area contributed by atoms with Crippen LogP contribution in [-0.4, -0.2) is 7.05 Å². The van der Waals surface area contributed by atoms with Crippen molar-refractivity contribution in [3.63, 3.8) is 0 Å². The molecule has 1 N–H and O–H groups in total. The molecule has 0 aliphatic heterocycles. The molecule has 0 saturated carbocycles. The van der Waals surface area contributed by atoms with Crippen molar-refractivity contribution in [1.82, 2.24) is 5.32 Å². The Morgan fingerprint density at radius 2 is 2.08 bits per heavy atom. The minimum atomic E-state index is 0.571. The van der Waals surface area contributed by atoms with Crippen LogP contribution in [0.15, 0.2) is 24.3 Å². The minimum Gasteiger partial charge on any atom is -0.313 e. The van der Waals surface area contributed by atoms with Crippen LogP contribution in [0, 0.1) is 5.92 Å². The molecular weight excluding hydrogens is 146 g/mol. The van der Waals surface area contributed by atoms with Gasteiger partial charge in [0.1, 0.15) is 0 Å². The molecule has 12 heavy (non-hydrogen) atoms. The van der Waals surface area contributed by atoms with Crippen LogP contribution >= 0.6 is 0 Å². The lowest BCUT2D eigenvalue weighted by atomic mass is 10.0. The van der Waals surface area contributed by atoms with Crippen molar-refractivity contribution in [3.05, 3.63) is 35.4 Å². The Morgan fingerprint density at radius 3 is 2.83 bits per heavy atom. The third-order valence-electron chi connectivity index (χ3n) is 2.81. The summed E-state index contributed by atoms with van der Waals surface area (Å²) in [5, 5.41) is 3.37. The molecule has 0 aromatic heterocycles. The fourth-order valence-electron chi connectivity index (χ4n) is 2.23. The zero-order valence-corrected chi connectivity index (χ0v) is 7.67. The molecule has 1 aromatic carbocycles. The van der Waals surface area contributed by atoms with Crippen molar-refractivity contribution in [2.24, 2.45) is 5.92 Å². The van der Waals surface area contributed by atoms with Crippen LogP contribution in [0.3, 0.4) is 0 Å². The first-order chi connectivity index (χ1) is 5.83. The number of hydrogen-bond donors (Lipinski definition) is 1. The van der Waals surface area contributed by atoms with Crippen molar-refractivity contribution >= 4 is 0 Å². The Labute approximate surface area is 73.8 Å². The van der Waals surface area contributed by atoms with Crippen LogP contribution in [0.25, 0.3) is 0 Å². The SMILES string of the molecule is CNC1c2ccccc2C[C@H]1C. The lowest BCUT2D eigenvalue weighted by molar-refractivity contribution is 0.447. The van der Waals surface area contributed by atoms with E-state index < -0.39 is 0 Å². The molecular formula is C11H15N. The van der Waals surface area contributed by atoms with Gasteiger partial charge in [0.05, 0.1) is 0 Å². The first kappa shape index (κ1) is 7.81. The van der Waals surface area contributed by atoms with Gasteiger partial charge in [-0.3, -0.25) is 0 Å². The molecule has 1 unspecified atom stereocenters. The molecule has 0 amide bonds. The Morgan fingerprint density at radius 1 is 1.33 bits per heavy atom. The van der Waals surface area contributed by atoms with E-state index in [0.717, 1.165) is 5.92 Å². The maximum Gasteiger partial charge on any atom is 0.0349 e. The largest absolute Gasteiger partial charge is 0.313 e. The van der Waals surface area contributed by atoms with E-state index in [1.54, 1.807) is 0 Å². The van der Waals surface area contributed by atoms with Gasteiger partial charge < -0.3 is 5.32 Å². The van der Waals surface area contributed by atoms with Gasteiger partial charge in [0, 0.05) is 6.04 Å². The summed E-state index contributed by atoms with van der Waals surface area (Å²) in [7, 11) is 2.04. The van der Waals surface area contributed by atoms with Crippen LogP contribution in [0.5, 0.6) is 0 Å². The summed E-state index contributed by atoms with van der Waals surface area (Å²) in [6, 6.07) is 9.30. The van der Waals surface area contributed by atoms with Gasteiger partial charge in [0.15, 0.2) is 0 Å². The second-order valence-electron chi connectivity index (χ2n) is 3.65. The van der Waals surface area contributed by atoms with Gasteiger partial charge in [-0.15, -0.1) is 0 Å². The molecule has 0 heterocycles. The van der Waals surface area contributed by atoms with Crippen LogP contribution in [-0.2, 0) is 6.42 Å². The van der Waals surface area contributed by atoms with Crippen LogP contribution in [0.1, 0.15) is 24.1 Å². The normalized spacial score (nSPS) is 27.2. The highest BCUT2D eigenvalue weighted by Gasteiger charge is 2.26. The molecule has 0 bridgehead atoms. The summed E-state index contributed by atoms with van der Waals surface area (Å²) >= 11 is 0. The first-order valence-corrected chi connectivity index (χ1v) is 4.58. The second kappa shape index (κ2) is 2.91. The lowest BCUT2D eigenvalue weighted by Crippen LogP contribution is -2.19. The summed E-state index contributed by atoms with van der Waals surface area (Å²) in [5.41, 5.74) is 3.01. The number of fused-ring (bicyclic) bond motifs is 1. The van der Waals surface area contributed by atoms with E-state index in [2.05, 4.69) is 36.5 Å². The van der Waals surface area contributed by atoms with Gasteiger partial charge >= 0.3 is 0 Å². The molecule has 1 heteroatoms. The maximum absolute atomic E-state index is 3.37. The van der Waals surface area contributed by atoms with Gasteiger partial charge in [-0.25, -0.2) is 0 Å². The van der Waals surface area contributed by atoms with Crippen molar-refractivity contribution in [2.75, 3.05) is 7.05 Å². The Kier molecular flexibility index (Phi) is 1.89. The lowest BCUT2D eigenvalue weighted by Gasteiger charge is -2.14. The van der Waals surface area contributed by atoms with Gasteiger partial charge in [-0.05, 0) is 30.5 Å². The molecule has 1 nitrogen and oxygen atoms in total. The number of rotatable bonds is 1. The molecule has 2 rings (SSSR count). The highest BCUT2D eigenvalue weighted by atomic mass is 14.9. The van der Waals surface area contributed by atoms with Crippen molar-refractivity contribution in [2.45, 2.75) is 19.4 Å². The first-order valence-electron chi connectivity index (χ1n) is 4.58. The molecule has 0 radical (unpaired) electrons. The zero-order chi connectivity index (χ0) is 8.55. The van der Waals surface area contributed by atoms with E-state index in [1.165, 1.54) is 17.5 Å². The van der Waals surface area contributed by atoms with Crippen LogP contribution < -0.4 is 5.32 Å². The Balaban J connectivity index is 2.40. The van der Waals surface area contributed by atoms with Gasteiger partial charge in [-0.1, -0.05) is 31.2 Å². The van der Waals surface area contributed by atoms with E-state index >= 15 is 0 Å². The molecule has 0 fully saturated rings. The Hall–Kier alpha value is -0.820. The fourth-order valence-corrected chi connectivity index (χ4v) is 2.23. The molecule has 1 aliphatic rings. The molecule has 0 spiro atoms. The quantitative estimate of drug-likeness (QED) is 0.665. The van der Waals surface area contributed by atoms with Crippen LogP contribution in [0.4, 0.5) is 0 Å². The second-order valence-corrected chi connectivity index (χ2v) is 3.65. The van der Waals surface area contributed by atoms with Gasteiger partial charge in [0.2, 0.25) is 0 Å². The standard InChI is InChI=1S/C11H15N/c1-8-7-9-5-3-4-6-10(9)11(8)12-2/h3-6,8,11-12H,7H2,1-2H3/t8-,11?/m1/s1. The van der Waals surface area contributed by atoms with Crippen molar-refractivity contribution in [3.8, 4) is 0 Å². The average molecular weight is 161 g/mol. The van der Waals surface area contributed by atoms with Gasteiger partial charge in [-0.2, -0.15) is 0 Å². The van der Waals surface area contributed by atoms with Gasteiger partial charge in [0.25, 0.3) is 0 Å². The summed E-state index contributed by atoms with van der Waals surface area (Å²) in [4.78, 5) is 0. The summed E-state index contributed by atoms with van der Waals surface area (Å²) in [6.07, 6.45) is 1.22.